The predicted octanol–water partition coefficient (Wildman–Crippen LogP) is 4.79. The average molecular weight is 435 g/mol. The number of carbonyl (C=O) groups excluding carboxylic acids is 1. The Kier molecular flexibility index (Phi) is 6.57. The van der Waals surface area contributed by atoms with E-state index in [1.165, 1.54) is 5.56 Å². The second-order valence-electron chi connectivity index (χ2n) is 8.23. The number of amides is 1. The molecule has 1 aromatic heterocycles. The largest absolute Gasteiger partial charge is 0.352 e. The summed E-state index contributed by atoms with van der Waals surface area (Å²) in [5.74, 6) is -0.123. The van der Waals surface area contributed by atoms with E-state index < -0.39 is 0 Å². The van der Waals surface area contributed by atoms with Crippen molar-refractivity contribution in [1.82, 2.24) is 9.88 Å². The Balaban J connectivity index is 1.49. The summed E-state index contributed by atoms with van der Waals surface area (Å²) in [4.78, 5) is 25.7. The minimum Gasteiger partial charge on any atom is -0.352 e. The van der Waals surface area contributed by atoms with Gasteiger partial charge in [-0.25, -0.2) is 0 Å². The van der Waals surface area contributed by atoms with Crippen LogP contribution in [0.1, 0.15) is 36.6 Å². The number of hydrogen-bond acceptors (Lipinski definition) is 2. The fourth-order valence-corrected chi connectivity index (χ4v) is 4.63. The number of carbonyl (C=O) groups is 1. The molecule has 0 saturated heterocycles. The third kappa shape index (κ3) is 4.91. The van der Waals surface area contributed by atoms with Gasteiger partial charge in [-0.15, -0.1) is 0 Å². The maximum Gasteiger partial charge on any atom is 0.251 e. The third-order valence-electron chi connectivity index (χ3n) is 5.96. The fourth-order valence-electron chi connectivity index (χ4n) is 4.39. The molecule has 160 valence electrons. The Labute approximate surface area is 187 Å². The summed E-state index contributed by atoms with van der Waals surface area (Å²) in [6, 6.07) is 19.5. The van der Waals surface area contributed by atoms with Gasteiger partial charge in [0.25, 0.3) is 5.56 Å². The summed E-state index contributed by atoms with van der Waals surface area (Å²) in [5, 5.41) is 3.69. The van der Waals surface area contributed by atoms with E-state index >= 15 is 0 Å². The number of pyridine rings is 1. The van der Waals surface area contributed by atoms with Gasteiger partial charge >= 0.3 is 0 Å². The predicted molar refractivity (Wildman–Crippen MR) is 126 cm³/mol. The number of halogens is 1. The van der Waals surface area contributed by atoms with Gasteiger partial charge in [0.2, 0.25) is 5.91 Å². The smallest absolute Gasteiger partial charge is 0.251 e. The van der Waals surface area contributed by atoms with Crippen molar-refractivity contribution in [3.8, 4) is 11.1 Å². The molecule has 0 saturated carbocycles. The molecule has 2 aromatic carbocycles. The number of aryl methyl sites for hydroxylation is 1. The van der Waals surface area contributed by atoms with E-state index in [1.54, 1.807) is 10.6 Å². The summed E-state index contributed by atoms with van der Waals surface area (Å²) < 4.78 is 1.64. The van der Waals surface area contributed by atoms with Crippen LogP contribution in [0.3, 0.4) is 0 Å². The summed E-state index contributed by atoms with van der Waals surface area (Å²) in [5.41, 5.74) is 4.99. The van der Waals surface area contributed by atoms with Gasteiger partial charge in [0, 0.05) is 28.4 Å². The number of hydrogen-bond donors (Lipinski definition) is 1. The van der Waals surface area contributed by atoms with Crippen LogP contribution in [-0.2, 0) is 30.6 Å². The molecule has 0 bridgehead atoms. The first-order valence-corrected chi connectivity index (χ1v) is 11.2. The van der Waals surface area contributed by atoms with Crippen LogP contribution in [-0.4, -0.2) is 16.5 Å². The van der Waals surface area contributed by atoms with Crippen molar-refractivity contribution in [2.45, 2.75) is 51.6 Å². The van der Waals surface area contributed by atoms with E-state index in [0.29, 0.717) is 5.02 Å². The molecule has 4 nitrogen and oxygen atoms in total. The Bertz CT molecular complexity index is 1140. The van der Waals surface area contributed by atoms with Crippen LogP contribution in [0.2, 0.25) is 5.02 Å². The van der Waals surface area contributed by atoms with Crippen LogP contribution >= 0.6 is 11.6 Å². The van der Waals surface area contributed by atoms with Gasteiger partial charge in [-0.05, 0) is 61.8 Å². The quantitative estimate of drug-likeness (QED) is 0.581. The maximum atomic E-state index is 13.0. The molecule has 4 rings (SSSR count). The van der Waals surface area contributed by atoms with Crippen LogP contribution in [0.4, 0.5) is 0 Å². The molecule has 31 heavy (non-hydrogen) atoms. The molecule has 0 spiro atoms. The number of nitrogens with zero attached hydrogens (tertiary/aromatic N) is 1. The SMILES string of the molecule is CC(CCc1ccccc1)NC(=O)Cn1c2c(c(-c3ccccc3Cl)cc1=O)CCC2. The summed E-state index contributed by atoms with van der Waals surface area (Å²) >= 11 is 6.40. The van der Waals surface area contributed by atoms with Gasteiger partial charge in [-0.1, -0.05) is 60.1 Å². The van der Waals surface area contributed by atoms with E-state index in [2.05, 4.69) is 17.4 Å². The van der Waals surface area contributed by atoms with Crippen molar-refractivity contribution < 1.29 is 4.79 Å². The molecular weight excluding hydrogens is 408 g/mol. The zero-order valence-electron chi connectivity index (χ0n) is 17.7. The van der Waals surface area contributed by atoms with Crippen molar-refractivity contribution in [3.05, 3.63) is 92.9 Å². The Morgan fingerprint density at radius 2 is 1.81 bits per heavy atom. The minimum atomic E-state index is -0.150. The molecule has 1 amide bonds. The molecule has 0 fully saturated rings. The summed E-state index contributed by atoms with van der Waals surface area (Å²) in [7, 11) is 0. The zero-order valence-corrected chi connectivity index (χ0v) is 18.5. The number of nitrogens with one attached hydrogen (secondary N) is 1. The molecule has 1 aliphatic carbocycles. The first kappa shape index (κ1) is 21.4. The van der Waals surface area contributed by atoms with Gasteiger partial charge in [-0.3, -0.25) is 9.59 Å². The summed E-state index contributed by atoms with van der Waals surface area (Å²) in [6.45, 7) is 2.06. The molecule has 1 aliphatic rings. The lowest BCUT2D eigenvalue weighted by atomic mass is 9.99. The third-order valence-corrected chi connectivity index (χ3v) is 6.29. The normalized spacial score (nSPS) is 13.6. The van der Waals surface area contributed by atoms with E-state index in [1.807, 2.05) is 49.4 Å². The van der Waals surface area contributed by atoms with Crippen molar-refractivity contribution in [2.24, 2.45) is 0 Å². The molecule has 1 unspecified atom stereocenters. The lowest BCUT2D eigenvalue weighted by molar-refractivity contribution is -0.122. The average Bonchev–Trinajstić information content (AvgIpc) is 3.25. The molecule has 5 heteroatoms. The standard InChI is InChI=1S/C26H27ClN2O2/c1-18(14-15-19-8-3-2-4-9-19)28-25(30)17-29-24-13-7-11-21(24)22(16-26(29)31)20-10-5-6-12-23(20)27/h2-6,8-10,12,16,18H,7,11,13-15,17H2,1H3,(H,28,30). The number of fused-ring (bicyclic) bond motifs is 1. The lowest BCUT2D eigenvalue weighted by Crippen LogP contribution is -2.38. The molecule has 1 N–H and O–H groups in total. The van der Waals surface area contributed by atoms with Crippen molar-refractivity contribution >= 4 is 17.5 Å². The Hall–Kier alpha value is -2.85. The van der Waals surface area contributed by atoms with Crippen LogP contribution in [0, 0.1) is 0 Å². The van der Waals surface area contributed by atoms with Crippen LogP contribution in [0.15, 0.2) is 65.5 Å². The van der Waals surface area contributed by atoms with Gasteiger partial charge in [0.1, 0.15) is 6.54 Å². The highest BCUT2D eigenvalue weighted by Crippen LogP contribution is 2.34. The minimum absolute atomic E-state index is 0.0406. The monoisotopic (exact) mass is 434 g/mol. The fraction of sp³-hybridized carbons (Fsp3) is 0.308. The van der Waals surface area contributed by atoms with E-state index in [-0.39, 0.29) is 24.1 Å². The topological polar surface area (TPSA) is 51.1 Å². The second kappa shape index (κ2) is 9.52. The van der Waals surface area contributed by atoms with Crippen molar-refractivity contribution in [2.75, 3.05) is 0 Å². The lowest BCUT2D eigenvalue weighted by Gasteiger charge is -2.18. The van der Waals surface area contributed by atoms with E-state index in [4.69, 9.17) is 11.6 Å². The molecule has 0 aliphatic heterocycles. The Morgan fingerprint density at radius 1 is 1.06 bits per heavy atom. The summed E-state index contributed by atoms with van der Waals surface area (Å²) in [6.07, 6.45) is 4.44. The van der Waals surface area contributed by atoms with Gasteiger partial charge in [0.15, 0.2) is 0 Å². The molecular formula is C26H27ClN2O2. The molecule has 3 aromatic rings. The number of aromatic nitrogens is 1. The highest BCUT2D eigenvalue weighted by molar-refractivity contribution is 6.33. The second-order valence-corrected chi connectivity index (χ2v) is 8.64. The van der Waals surface area contributed by atoms with Crippen LogP contribution < -0.4 is 10.9 Å². The van der Waals surface area contributed by atoms with Crippen LogP contribution in [0.5, 0.6) is 0 Å². The molecule has 1 heterocycles. The number of rotatable bonds is 7. The highest BCUT2D eigenvalue weighted by Gasteiger charge is 2.23. The zero-order chi connectivity index (χ0) is 21.8. The first-order valence-electron chi connectivity index (χ1n) is 10.9. The van der Waals surface area contributed by atoms with Gasteiger partial charge in [-0.2, -0.15) is 0 Å². The highest BCUT2D eigenvalue weighted by atomic mass is 35.5. The van der Waals surface area contributed by atoms with Gasteiger partial charge < -0.3 is 9.88 Å². The molecule has 1 atom stereocenters. The van der Waals surface area contributed by atoms with E-state index in [9.17, 15) is 9.59 Å². The maximum absolute atomic E-state index is 13.0. The van der Waals surface area contributed by atoms with Crippen molar-refractivity contribution in [1.29, 1.82) is 0 Å². The van der Waals surface area contributed by atoms with Crippen LogP contribution in [0.25, 0.3) is 11.1 Å². The molecule has 0 radical (unpaired) electrons. The van der Waals surface area contributed by atoms with Gasteiger partial charge in [0.05, 0.1) is 0 Å². The number of benzene rings is 2. The van der Waals surface area contributed by atoms with E-state index in [0.717, 1.165) is 54.5 Å². The first-order chi connectivity index (χ1) is 15.0. The Morgan fingerprint density at radius 3 is 2.58 bits per heavy atom. The van der Waals surface area contributed by atoms with Crippen molar-refractivity contribution in [3.63, 3.8) is 0 Å².